The molecule has 2 aromatic carbocycles. The monoisotopic (exact) mass is 398 g/mol. The van der Waals surface area contributed by atoms with E-state index in [1.807, 2.05) is 0 Å². The number of benzene rings is 2. The van der Waals surface area contributed by atoms with Crippen LogP contribution >= 0.6 is 0 Å². The summed E-state index contributed by atoms with van der Waals surface area (Å²) in [7, 11) is 0. The number of nitrogens with zero attached hydrogens (tertiary/aromatic N) is 1. The Kier molecular flexibility index (Phi) is 3.64. The first-order valence-electron chi connectivity index (χ1n) is 11.8. The second-order valence-electron chi connectivity index (χ2n) is 10.4. The molecule has 0 amide bonds. The Morgan fingerprint density at radius 3 is 2.43 bits per heavy atom. The molecular formula is C27H30N2O. The second kappa shape index (κ2) is 6.21. The molecule has 3 nitrogen and oxygen atoms in total. The zero-order valence-corrected chi connectivity index (χ0v) is 17.7. The highest BCUT2D eigenvalue weighted by Gasteiger charge is 2.63. The fraction of sp³-hybridized carbons (Fsp3) is 0.481. The summed E-state index contributed by atoms with van der Waals surface area (Å²) in [5.74, 6) is 2.01. The van der Waals surface area contributed by atoms with Crippen LogP contribution in [-0.4, -0.2) is 35.7 Å². The number of fused-ring (bicyclic) bond motifs is 2. The minimum Gasteiger partial charge on any atom is -0.488 e. The number of rotatable bonds is 4. The van der Waals surface area contributed by atoms with Gasteiger partial charge in [0.1, 0.15) is 11.9 Å². The largest absolute Gasteiger partial charge is 0.488 e. The van der Waals surface area contributed by atoms with Gasteiger partial charge in [-0.3, -0.25) is 4.90 Å². The molecule has 8 rings (SSSR count). The molecule has 6 aliphatic rings. The van der Waals surface area contributed by atoms with E-state index in [4.69, 9.17) is 4.74 Å². The van der Waals surface area contributed by atoms with E-state index in [1.54, 1.807) is 11.1 Å². The van der Waals surface area contributed by atoms with Gasteiger partial charge < -0.3 is 10.1 Å². The maximum atomic E-state index is 6.10. The Morgan fingerprint density at radius 2 is 1.77 bits per heavy atom. The molecule has 4 fully saturated rings. The van der Waals surface area contributed by atoms with Crippen molar-refractivity contribution in [1.82, 2.24) is 10.2 Å². The Bertz CT molecular complexity index is 1020. The van der Waals surface area contributed by atoms with E-state index in [-0.39, 0.29) is 0 Å². The number of ether oxygens (including phenoxy) is 1. The summed E-state index contributed by atoms with van der Waals surface area (Å²) in [6, 6.07) is 19.2. The number of nitrogens with one attached hydrogen (secondary N) is 1. The van der Waals surface area contributed by atoms with Crippen molar-refractivity contribution in [1.29, 1.82) is 0 Å². The molecule has 3 heteroatoms. The van der Waals surface area contributed by atoms with E-state index >= 15 is 0 Å². The van der Waals surface area contributed by atoms with Gasteiger partial charge in [-0.1, -0.05) is 36.4 Å². The van der Waals surface area contributed by atoms with Crippen LogP contribution in [0.5, 0.6) is 5.75 Å². The molecule has 30 heavy (non-hydrogen) atoms. The van der Waals surface area contributed by atoms with Gasteiger partial charge >= 0.3 is 0 Å². The molecule has 4 aliphatic carbocycles. The summed E-state index contributed by atoms with van der Waals surface area (Å²) < 4.78 is 6.10. The lowest BCUT2D eigenvalue weighted by Gasteiger charge is -2.70. The van der Waals surface area contributed by atoms with Gasteiger partial charge in [0, 0.05) is 24.7 Å². The maximum absolute atomic E-state index is 6.10. The minimum atomic E-state index is 0.335. The second-order valence-corrected chi connectivity index (χ2v) is 10.4. The SMILES string of the molecule is C[C@@H]1CC2=C(Cc3ccccc32)[C@@H](c2ccc(OC3CNC3)cc2)N1C12CC(C1)C2. The van der Waals surface area contributed by atoms with Gasteiger partial charge in [0.2, 0.25) is 0 Å². The molecule has 0 unspecified atom stereocenters. The summed E-state index contributed by atoms with van der Waals surface area (Å²) in [4.78, 5) is 2.93. The first kappa shape index (κ1) is 17.6. The van der Waals surface area contributed by atoms with Crippen molar-refractivity contribution in [2.75, 3.05) is 13.1 Å². The van der Waals surface area contributed by atoms with Gasteiger partial charge in [-0.15, -0.1) is 0 Å². The molecule has 0 aromatic heterocycles. The van der Waals surface area contributed by atoms with Gasteiger partial charge in [-0.25, -0.2) is 0 Å². The summed E-state index contributed by atoms with van der Waals surface area (Å²) in [5, 5.41) is 3.29. The van der Waals surface area contributed by atoms with E-state index in [1.165, 1.54) is 42.4 Å². The molecule has 2 bridgehead atoms. The summed E-state index contributed by atoms with van der Waals surface area (Å²) >= 11 is 0. The predicted octanol–water partition coefficient (Wildman–Crippen LogP) is 4.73. The molecule has 0 radical (unpaired) electrons. The third-order valence-electron chi connectivity index (χ3n) is 8.49. The lowest BCUT2D eigenvalue weighted by molar-refractivity contribution is -0.173. The molecule has 2 aromatic rings. The van der Waals surface area contributed by atoms with Gasteiger partial charge in [0.05, 0.1) is 6.04 Å². The van der Waals surface area contributed by atoms with Gasteiger partial charge in [0.15, 0.2) is 0 Å². The highest BCUT2D eigenvalue weighted by atomic mass is 16.5. The first-order chi connectivity index (χ1) is 14.7. The zero-order chi connectivity index (χ0) is 19.9. The van der Waals surface area contributed by atoms with Crippen LogP contribution in [0.2, 0.25) is 0 Å². The molecule has 3 saturated carbocycles. The molecular weight excluding hydrogens is 368 g/mol. The lowest BCUT2D eigenvalue weighted by Crippen LogP contribution is -2.71. The molecule has 1 saturated heterocycles. The number of hydrogen-bond acceptors (Lipinski definition) is 3. The van der Waals surface area contributed by atoms with Crippen molar-refractivity contribution >= 4 is 5.57 Å². The van der Waals surface area contributed by atoms with Crippen molar-refractivity contribution in [2.24, 2.45) is 5.92 Å². The minimum absolute atomic E-state index is 0.335. The van der Waals surface area contributed by atoms with E-state index in [0.717, 1.165) is 31.2 Å². The average Bonchev–Trinajstić information content (AvgIpc) is 3.02. The summed E-state index contributed by atoms with van der Waals surface area (Å²) in [6.07, 6.45) is 6.90. The molecule has 2 aliphatic heterocycles. The van der Waals surface area contributed by atoms with Gasteiger partial charge in [0.25, 0.3) is 0 Å². The van der Waals surface area contributed by atoms with Crippen LogP contribution in [0.4, 0.5) is 0 Å². The van der Waals surface area contributed by atoms with Crippen molar-refractivity contribution in [3.63, 3.8) is 0 Å². The molecule has 0 spiro atoms. The Hall–Kier alpha value is -2.10. The van der Waals surface area contributed by atoms with Crippen LogP contribution < -0.4 is 10.1 Å². The quantitative estimate of drug-likeness (QED) is 0.805. The van der Waals surface area contributed by atoms with Crippen LogP contribution in [-0.2, 0) is 6.42 Å². The molecule has 154 valence electrons. The molecule has 2 atom stereocenters. The zero-order valence-electron chi connectivity index (χ0n) is 17.7. The molecule has 1 N–H and O–H groups in total. The smallest absolute Gasteiger partial charge is 0.123 e. The van der Waals surface area contributed by atoms with E-state index < -0.39 is 0 Å². The van der Waals surface area contributed by atoms with Crippen molar-refractivity contribution in [2.45, 2.75) is 62.8 Å². The standard InChI is InChI=1S/C27H30N2O/c1-17-10-24-23-5-3-2-4-20(23)11-25(24)26(29(17)27-12-18(13-27)14-27)19-6-8-21(9-7-19)30-22-15-28-16-22/h2-9,17-18,22,26,28H,10-16H2,1H3/t17-,18?,26-,27?/m1/s1. The van der Waals surface area contributed by atoms with E-state index in [0.29, 0.717) is 23.7 Å². The average molecular weight is 399 g/mol. The summed E-state index contributed by atoms with van der Waals surface area (Å²) in [5.41, 5.74) is 8.25. The highest BCUT2D eigenvalue weighted by Crippen LogP contribution is 2.65. The highest BCUT2D eigenvalue weighted by molar-refractivity contribution is 5.79. The third kappa shape index (κ3) is 2.39. The Balaban J connectivity index is 1.29. The van der Waals surface area contributed by atoms with Crippen molar-refractivity contribution in [3.05, 3.63) is 70.8 Å². The van der Waals surface area contributed by atoms with Gasteiger partial charge in [-0.05, 0) is 84.9 Å². The van der Waals surface area contributed by atoms with Crippen LogP contribution in [0.1, 0.15) is 55.3 Å². The third-order valence-corrected chi connectivity index (χ3v) is 8.49. The van der Waals surface area contributed by atoms with Crippen LogP contribution in [0.25, 0.3) is 5.57 Å². The first-order valence-corrected chi connectivity index (χ1v) is 11.8. The van der Waals surface area contributed by atoms with Crippen LogP contribution in [0.15, 0.2) is 54.1 Å². The Labute approximate surface area is 179 Å². The predicted molar refractivity (Wildman–Crippen MR) is 120 cm³/mol. The van der Waals surface area contributed by atoms with Crippen molar-refractivity contribution < 1.29 is 4.74 Å². The topological polar surface area (TPSA) is 24.5 Å². The van der Waals surface area contributed by atoms with Crippen molar-refractivity contribution in [3.8, 4) is 5.75 Å². The Morgan fingerprint density at radius 1 is 1.00 bits per heavy atom. The maximum Gasteiger partial charge on any atom is 0.123 e. The van der Waals surface area contributed by atoms with Crippen LogP contribution in [0, 0.1) is 5.92 Å². The number of hydrogen-bond donors (Lipinski definition) is 1. The summed E-state index contributed by atoms with van der Waals surface area (Å²) in [6.45, 7) is 4.40. The molecule has 2 heterocycles. The fourth-order valence-corrected chi connectivity index (χ4v) is 6.89. The van der Waals surface area contributed by atoms with E-state index in [9.17, 15) is 0 Å². The lowest BCUT2D eigenvalue weighted by atomic mass is 9.48. The van der Waals surface area contributed by atoms with Gasteiger partial charge in [-0.2, -0.15) is 0 Å². The normalized spacial score (nSPS) is 34.5. The van der Waals surface area contributed by atoms with E-state index in [2.05, 4.69) is 65.7 Å². The van der Waals surface area contributed by atoms with Crippen LogP contribution in [0.3, 0.4) is 0 Å². The fourth-order valence-electron chi connectivity index (χ4n) is 6.89.